The Labute approximate surface area is 196 Å². The van der Waals surface area contributed by atoms with Gasteiger partial charge in [0.1, 0.15) is 5.00 Å². The molecule has 0 unspecified atom stereocenters. The van der Waals surface area contributed by atoms with Gasteiger partial charge in [0.2, 0.25) is 11.8 Å². The van der Waals surface area contributed by atoms with Gasteiger partial charge in [-0.15, -0.1) is 11.3 Å². The van der Waals surface area contributed by atoms with E-state index in [-0.39, 0.29) is 30.2 Å². The van der Waals surface area contributed by atoms with E-state index in [0.717, 1.165) is 50.6 Å². The second-order valence-corrected chi connectivity index (χ2v) is 9.76. The largest absolute Gasteiger partial charge is 0.462 e. The van der Waals surface area contributed by atoms with Gasteiger partial charge in [0, 0.05) is 12.5 Å². The lowest BCUT2D eigenvalue weighted by atomic mass is 9.96. The Morgan fingerprint density at radius 3 is 2.53 bits per heavy atom. The van der Waals surface area contributed by atoms with Gasteiger partial charge in [0.15, 0.2) is 0 Å². The van der Waals surface area contributed by atoms with Gasteiger partial charge < -0.3 is 15.4 Å². The second kappa shape index (κ2) is 13.6. The first kappa shape index (κ1) is 26.3. The molecule has 0 aliphatic carbocycles. The zero-order valence-corrected chi connectivity index (χ0v) is 20.8. The van der Waals surface area contributed by atoms with Gasteiger partial charge in [0.25, 0.3) is 0 Å². The molecule has 2 amide bonds. The van der Waals surface area contributed by atoms with Crippen LogP contribution >= 0.6 is 11.3 Å². The standard InChI is InChI=1S/C24H39N3O4S/c1-5-7-8-11-25-22(29)18-9-12-27(13-10-18)15-20(28)26-23-21(24(30)31-6-2)19(16-32-23)14-17(3)4/h16-18H,5-15H2,1-4H3,(H,25,29)(H,26,28). The van der Waals surface area contributed by atoms with Crippen LogP contribution in [0.5, 0.6) is 0 Å². The van der Waals surface area contributed by atoms with Gasteiger partial charge in [-0.05, 0) is 62.6 Å². The number of amides is 2. The molecule has 7 nitrogen and oxygen atoms in total. The number of ether oxygens (including phenoxy) is 1. The van der Waals surface area contributed by atoms with Gasteiger partial charge in [-0.2, -0.15) is 0 Å². The minimum Gasteiger partial charge on any atom is -0.462 e. The van der Waals surface area contributed by atoms with Crippen LogP contribution in [-0.2, 0) is 20.7 Å². The van der Waals surface area contributed by atoms with Crippen molar-refractivity contribution in [3.63, 3.8) is 0 Å². The number of carbonyl (C=O) groups is 3. The predicted octanol–water partition coefficient (Wildman–Crippen LogP) is 4.08. The van der Waals surface area contributed by atoms with Gasteiger partial charge in [-0.25, -0.2) is 4.79 Å². The van der Waals surface area contributed by atoms with Crippen LogP contribution in [0.2, 0.25) is 0 Å². The average molecular weight is 466 g/mol. The van der Waals surface area contributed by atoms with Gasteiger partial charge >= 0.3 is 5.97 Å². The topological polar surface area (TPSA) is 87.7 Å². The number of nitrogens with zero attached hydrogens (tertiary/aromatic N) is 1. The van der Waals surface area contributed by atoms with Crippen LogP contribution in [-0.4, -0.2) is 55.5 Å². The van der Waals surface area contributed by atoms with E-state index in [9.17, 15) is 14.4 Å². The van der Waals surface area contributed by atoms with Crippen LogP contribution in [0.4, 0.5) is 5.00 Å². The molecule has 0 radical (unpaired) electrons. The fourth-order valence-corrected chi connectivity index (χ4v) is 4.94. The van der Waals surface area contributed by atoms with Crippen LogP contribution < -0.4 is 10.6 Å². The Balaban J connectivity index is 1.86. The van der Waals surface area contributed by atoms with Crippen molar-refractivity contribution in [3.8, 4) is 0 Å². The monoisotopic (exact) mass is 465 g/mol. The van der Waals surface area contributed by atoms with E-state index < -0.39 is 0 Å². The van der Waals surface area contributed by atoms with Gasteiger partial charge in [0.05, 0.1) is 18.7 Å². The van der Waals surface area contributed by atoms with E-state index in [1.165, 1.54) is 11.3 Å². The first-order valence-corrected chi connectivity index (χ1v) is 12.8. The van der Waals surface area contributed by atoms with Crippen LogP contribution in [0, 0.1) is 11.8 Å². The van der Waals surface area contributed by atoms with Gasteiger partial charge in [-0.1, -0.05) is 33.6 Å². The number of carbonyl (C=O) groups excluding carboxylic acids is 3. The summed E-state index contributed by atoms with van der Waals surface area (Å²) in [5, 5.41) is 8.46. The average Bonchev–Trinajstić information content (AvgIpc) is 3.12. The quantitative estimate of drug-likeness (QED) is 0.359. The highest BCUT2D eigenvalue weighted by Gasteiger charge is 2.27. The maximum Gasteiger partial charge on any atom is 0.341 e. The normalized spacial score (nSPS) is 15.0. The Kier molecular flexibility index (Phi) is 11.2. The van der Waals surface area contributed by atoms with E-state index >= 15 is 0 Å². The molecule has 1 aromatic rings. The van der Waals surface area contributed by atoms with E-state index in [0.29, 0.717) is 36.2 Å². The summed E-state index contributed by atoms with van der Waals surface area (Å²) in [6.07, 6.45) is 5.58. The first-order valence-electron chi connectivity index (χ1n) is 11.9. The lowest BCUT2D eigenvalue weighted by molar-refractivity contribution is -0.126. The summed E-state index contributed by atoms with van der Waals surface area (Å²) in [5.74, 6) is 0.0377. The Hall–Kier alpha value is -1.93. The molecule has 2 rings (SSSR count). The molecule has 2 N–H and O–H groups in total. The molecule has 1 fully saturated rings. The maximum absolute atomic E-state index is 12.7. The fourth-order valence-electron chi connectivity index (χ4n) is 3.96. The molecule has 1 aliphatic heterocycles. The third-order valence-corrected chi connectivity index (χ3v) is 6.58. The van der Waals surface area contributed by atoms with Crippen molar-refractivity contribution in [2.75, 3.05) is 38.1 Å². The number of hydrogen-bond acceptors (Lipinski definition) is 6. The summed E-state index contributed by atoms with van der Waals surface area (Å²) < 4.78 is 5.22. The minimum atomic E-state index is -0.384. The summed E-state index contributed by atoms with van der Waals surface area (Å²) >= 11 is 1.37. The van der Waals surface area contributed by atoms with Crippen LogP contribution in [0.25, 0.3) is 0 Å². The van der Waals surface area contributed by atoms with Crippen molar-refractivity contribution in [1.29, 1.82) is 0 Å². The molecule has 0 saturated carbocycles. The molecule has 32 heavy (non-hydrogen) atoms. The zero-order valence-electron chi connectivity index (χ0n) is 20.0. The Bertz CT molecular complexity index is 754. The van der Waals surface area contributed by atoms with E-state index in [1.54, 1.807) is 6.92 Å². The highest BCUT2D eigenvalue weighted by molar-refractivity contribution is 7.15. The number of anilines is 1. The number of unbranched alkanes of at least 4 members (excludes halogenated alkanes) is 2. The third kappa shape index (κ3) is 8.20. The van der Waals surface area contributed by atoms with Crippen LogP contribution in [0.15, 0.2) is 5.38 Å². The van der Waals surface area contributed by atoms with E-state index in [2.05, 4.69) is 36.3 Å². The van der Waals surface area contributed by atoms with Crippen molar-refractivity contribution in [2.24, 2.45) is 11.8 Å². The lowest BCUT2D eigenvalue weighted by Crippen LogP contribution is -2.43. The van der Waals surface area contributed by atoms with Crippen molar-refractivity contribution >= 4 is 34.1 Å². The summed E-state index contributed by atoms with van der Waals surface area (Å²) in [5.41, 5.74) is 1.40. The maximum atomic E-state index is 12.7. The number of hydrogen-bond donors (Lipinski definition) is 2. The number of piperidine rings is 1. The molecule has 180 valence electrons. The molecule has 0 bridgehead atoms. The number of likely N-dealkylation sites (tertiary alicyclic amines) is 1. The van der Waals surface area contributed by atoms with Crippen LogP contribution in [0.1, 0.15) is 75.7 Å². The summed E-state index contributed by atoms with van der Waals surface area (Å²) in [6.45, 7) is 10.9. The smallest absolute Gasteiger partial charge is 0.341 e. The van der Waals surface area contributed by atoms with E-state index in [1.807, 2.05) is 5.38 Å². The number of rotatable bonds is 12. The van der Waals surface area contributed by atoms with Crippen molar-refractivity contribution < 1.29 is 19.1 Å². The zero-order chi connectivity index (χ0) is 23.5. The van der Waals surface area contributed by atoms with Crippen molar-refractivity contribution in [2.45, 2.75) is 66.2 Å². The third-order valence-electron chi connectivity index (χ3n) is 5.63. The molecular formula is C24H39N3O4S. The van der Waals surface area contributed by atoms with E-state index in [4.69, 9.17) is 4.74 Å². The Morgan fingerprint density at radius 1 is 1.19 bits per heavy atom. The summed E-state index contributed by atoms with van der Waals surface area (Å²) in [7, 11) is 0. The summed E-state index contributed by atoms with van der Waals surface area (Å²) in [6, 6.07) is 0. The molecule has 0 spiro atoms. The number of esters is 1. The molecule has 0 aromatic carbocycles. The Morgan fingerprint density at radius 2 is 1.91 bits per heavy atom. The molecule has 1 saturated heterocycles. The van der Waals surface area contributed by atoms with Gasteiger partial charge in [-0.3, -0.25) is 14.5 Å². The first-order chi connectivity index (χ1) is 15.3. The summed E-state index contributed by atoms with van der Waals surface area (Å²) in [4.78, 5) is 39.6. The number of thiophene rings is 1. The molecule has 1 aliphatic rings. The SMILES string of the molecule is CCCCCNC(=O)C1CCN(CC(=O)Nc2scc(CC(C)C)c2C(=O)OCC)CC1. The lowest BCUT2D eigenvalue weighted by Gasteiger charge is -2.30. The predicted molar refractivity (Wildman–Crippen MR) is 129 cm³/mol. The highest BCUT2D eigenvalue weighted by Crippen LogP contribution is 2.31. The molecule has 0 atom stereocenters. The fraction of sp³-hybridized carbons (Fsp3) is 0.708. The second-order valence-electron chi connectivity index (χ2n) is 8.88. The van der Waals surface area contributed by atoms with Crippen LogP contribution in [0.3, 0.4) is 0 Å². The van der Waals surface area contributed by atoms with Crippen molar-refractivity contribution in [1.82, 2.24) is 10.2 Å². The molecule has 8 heteroatoms. The number of nitrogens with one attached hydrogen (secondary N) is 2. The minimum absolute atomic E-state index is 0.0299. The molecular weight excluding hydrogens is 426 g/mol. The van der Waals surface area contributed by atoms with Crippen molar-refractivity contribution in [3.05, 3.63) is 16.5 Å². The molecule has 1 aromatic heterocycles. The highest BCUT2D eigenvalue weighted by atomic mass is 32.1. The molecule has 2 heterocycles.